The second-order valence-corrected chi connectivity index (χ2v) is 7.46. The van der Waals surface area contributed by atoms with Gasteiger partial charge in [0.15, 0.2) is 6.61 Å². The van der Waals surface area contributed by atoms with Crippen molar-refractivity contribution in [3.8, 4) is 5.75 Å². The minimum atomic E-state index is -0.0763. The highest BCUT2D eigenvalue weighted by atomic mass is 16.5. The summed E-state index contributed by atoms with van der Waals surface area (Å²) in [5.41, 5.74) is 0.984. The first kappa shape index (κ1) is 17.8. The van der Waals surface area contributed by atoms with Crippen LogP contribution in [0.1, 0.15) is 51.0 Å². The highest BCUT2D eigenvalue weighted by Gasteiger charge is 2.25. The number of ether oxygens (including phenoxy) is 1. The molecule has 5 nitrogen and oxygen atoms in total. The second-order valence-electron chi connectivity index (χ2n) is 7.46. The van der Waals surface area contributed by atoms with E-state index in [1.54, 1.807) is 0 Å². The zero-order valence-corrected chi connectivity index (χ0v) is 14.9. The Morgan fingerprint density at radius 2 is 2.04 bits per heavy atom. The summed E-state index contributed by atoms with van der Waals surface area (Å²) in [5, 5.41) is 5.94. The Morgan fingerprint density at radius 3 is 2.80 bits per heavy atom. The minimum absolute atomic E-state index is 0.0340. The standard InChI is InChI=1S/C20H28N2O3/c1-14-4-2-6-16(10-14)20(24)21-12-15-5-3-7-18(11-15)25-13-19(23)22-17-8-9-17/h3,5,7,11,14,16-17H,2,4,6,8-10,12-13H2,1H3,(H,21,24)(H,22,23)/t14-,16-/m0/s1. The molecular formula is C20H28N2O3. The molecule has 5 heteroatoms. The van der Waals surface area contributed by atoms with Gasteiger partial charge >= 0.3 is 0 Å². The summed E-state index contributed by atoms with van der Waals surface area (Å²) in [6, 6.07) is 7.91. The smallest absolute Gasteiger partial charge is 0.258 e. The molecule has 2 aliphatic carbocycles. The van der Waals surface area contributed by atoms with Crippen molar-refractivity contribution in [1.29, 1.82) is 0 Å². The molecule has 2 aliphatic rings. The Kier molecular flexibility index (Phi) is 5.95. The number of carbonyl (C=O) groups is 2. The maximum Gasteiger partial charge on any atom is 0.258 e. The van der Waals surface area contributed by atoms with Gasteiger partial charge in [-0.25, -0.2) is 0 Å². The number of hydrogen-bond acceptors (Lipinski definition) is 3. The molecule has 3 rings (SSSR count). The number of amides is 2. The van der Waals surface area contributed by atoms with Gasteiger partial charge in [-0.05, 0) is 49.3 Å². The monoisotopic (exact) mass is 344 g/mol. The molecule has 0 unspecified atom stereocenters. The Labute approximate surface area is 149 Å². The number of carbonyl (C=O) groups excluding carboxylic acids is 2. The third-order valence-electron chi connectivity index (χ3n) is 4.98. The van der Waals surface area contributed by atoms with Crippen LogP contribution in [0, 0.1) is 11.8 Å². The molecule has 1 aromatic rings. The van der Waals surface area contributed by atoms with E-state index in [2.05, 4.69) is 17.6 Å². The van der Waals surface area contributed by atoms with Gasteiger partial charge in [0.25, 0.3) is 5.91 Å². The van der Waals surface area contributed by atoms with E-state index < -0.39 is 0 Å². The first-order valence-corrected chi connectivity index (χ1v) is 9.39. The van der Waals surface area contributed by atoms with Crippen molar-refractivity contribution in [3.63, 3.8) is 0 Å². The summed E-state index contributed by atoms with van der Waals surface area (Å²) in [5.74, 6) is 1.52. The molecule has 2 amide bonds. The van der Waals surface area contributed by atoms with Crippen LogP contribution < -0.4 is 15.4 Å². The van der Waals surface area contributed by atoms with Crippen molar-refractivity contribution in [2.75, 3.05) is 6.61 Å². The zero-order chi connectivity index (χ0) is 17.6. The third kappa shape index (κ3) is 5.76. The molecule has 1 aromatic carbocycles. The largest absolute Gasteiger partial charge is 0.484 e. The van der Waals surface area contributed by atoms with Crippen molar-refractivity contribution in [3.05, 3.63) is 29.8 Å². The molecule has 25 heavy (non-hydrogen) atoms. The Hall–Kier alpha value is -2.04. The lowest BCUT2D eigenvalue weighted by atomic mass is 9.82. The van der Waals surface area contributed by atoms with E-state index in [1.165, 1.54) is 6.42 Å². The van der Waals surface area contributed by atoms with E-state index in [-0.39, 0.29) is 24.3 Å². The molecule has 0 aliphatic heterocycles. The van der Waals surface area contributed by atoms with Crippen LogP contribution in [0.25, 0.3) is 0 Å². The highest BCUT2D eigenvalue weighted by Crippen LogP contribution is 2.28. The second kappa shape index (κ2) is 8.37. The quantitative estimate of drug-likeness (QED) is 0.799. The van der Waals surface area contributed by atoms with E-state index in [0.29, 0.717) is 24.3 Å². The lowest BCUT2D eigenvalue weighted by Gasteiger charge is -2.25. The van der Waals surface area contributed by atoms with Crippen LogP contribution in [0.15, 0.2) is 24.3 Å². The minimum Gasteiger partial charge on any atom is -0.484 e. The average Bonchev–Trinajstić information content (AvgIpc) is 3.42. The first-order valence-electron chi connectivity index (χ1n) is 9.39. The molecule has 136 valence electrons. The fourth-order valence-electron chi connectivity index (χ4n) is 3.40. The van der Waals surface area contributed by atoms with Gasteiger partial charge in [-0.2, -0.15) is 0 Å². The maximum atomic E-state index is 12.3. The van der Waals surface area contributed by atoms with Gasteiger partial charge in [0.2, 0.25) is 5.91 Å². The van der Waals surface area contributed by atoms with Crippen molar-refractivity contribution < 1.29 is 14.3 Å². The summed E-state index contributed by atoms with van der Waals surface area (Å²) in [4.78, 5) is 24.0. The van der Waals surface area contributed by atoms with Crippen LogP contribution in [0.5, 0.6) is 5.75 Å². The first-order chi connectivity index (χ1) is 12.1. The molecule has 2 saturated carbocycles. The van der Waals surface area contributed by atoms with Crippen LogP contribution in [0.3, 0.4) is 0 Å². The maximum absolute atomic E-state index is 12.3. The lowest BCUT2D eigenvalue weighted by molar-refractivity contribution is -0.126. The highest BCUT2D eigenvalue weighted by molar-refractivity contribution is 5.79. The van der Waals surface area contributed by atoms with Gasteiger partial charge < -0.3 is 15.4 Å². The number of rotatable bonds is 7. The molecule has 2 fully saturated rings. The van der Waals surface area contributed by atoms with Gasteiger partial charge in [0.1, 0.15) is 5.75 Å². The fourth-order valence-corrected chi connectivity index (χ4v) is 3.40. The normalized spacial score (nSPS) is 22.9. The van der Waals surface area contributed by atoms with Gasteiger partial charge in [-0.1, -0.05) is 31.9 Å². The molecule has 0 bridgehead atoms. The van der Waals surface area contributed by atoms with E-state index in [9.17, 15) is 9.59 Å². The van der Waals surface area contributed by atoms with E-state index >= 15 is 0 Å². The third-order valence-corrected chi connectivity index (χ3v) is 4.98. The molecule has 0 spiro atoms. The van der Waals surface area contributed by atoms with Crippen LogP contribution in [-0.4, -0.2) is 24.5 Å². The molecule has 0 heterocycles. The Balaban J connectivity index is 1.44. The van der Waals surface area contributed by atoms with Crippen LogP contribution in [0.2, 0.25) is 0 Å². The topological polar surface area (TPSA) is 67.4 Å². The lowest BCUT2D eigenvalue weighted by Crippen LogP contribution is -2.33. The van der Waals surface area contributed by atoms with E-state index in [0.717, 1.165) is 37.7 Å². The van der Waals surface area contributed by atoms with Crippen molar-refractivity contribution in [1.82, 2.24) is 10.6 Å². The van der Waals surface area contributed by atoms with Crippen LogP contribution >= 0.6 is 0 Å². The number of nitrogens with one attached hydrogen (secondary N) is 2. The van der Waals surface area contributed by atoms with Crippen LogP contribution in [-0.2, 0) is 16.1 Å². The van der Waals surface area contributed by atoms with Crippen LogP contribution in [0.4, 0.5) is 0 Å². The van der Waals surface area contributed by atoms with Crippen molar-refractivity contribution in [2.24, 2.45) is 11.8 Å². The average molecular weight is 344 g/mol. The number of benzene rings is 1. The predicted molar refractivity (Wildman–Crippen MR) is 96.1 cm³/mol. The molecule has 0 saturated heterocycles. The van der Waals surface area contributed by atoms with Gasteiger partial charge in [-0.3, -0.25) is 9.59 Å². The molecule has 2 atom stereocenters. The summed E-state index contributed by atoms with van der Waals surface area (Å²) in [6.45, 7) is 2.75. The molecule has 2 N–H and O–H groups in total. The van der Waals surface area contributed by atoms with E-state index in [1.807, 2.05) is 24.3 Å². The summed E-state index contributed by atoms with van der Waals surface area (Å²) < 4.78 is 5.55. The number of hydrogen-bond donors (Lipinski definition) is 2. The van der Waals surface area contributed by atoms with Crippen molar-refractivity contribution in [2.45, 2.75) is 58.0 Å². The van der Waals surface area contributed by atoms with Gasteiger partial charge in [-0.15, -0.1) is 0 Å². The van der Waals surface area contributed by atoms with Gasteiger partial charge in [0.05, 0.1) is 0 Å². The Bertz CT molecular complexity index is 613. The predicted octanol–water partition coefficient (Wildman–Crippen LogP) is 2.79. The SMILES string of the molecule is C[C@H]1CCC[C@H](C(=O)NCc2cccc(OCC(=O)NC3CC3)c2)C1. The van der Waals surface area contributed by atoms with Crippen molar-refractivity contribution >= 4 is 11.8 Å². The summed E-state index contributed by atoms with van der Waals surface area (Å²) in [7, 11) is 0. The molecular weight excluding hydrogens is 316 g/mol. The summed E-state index contributed by atoms with van der Waals surface area (Å²) in [6.07, 6.45) is 6.50. The Morgan fingerprint density at radius 1 is 1.20 bits per heavy atom. The summed E-state index contributed by atoms with van der Waals surface area (Å²) >= 11 is 0. The molecule has 0 aromatic heterocycles. The fraction of sp³-hybridized carbons (Fsp3) is 0.600. The van der Waals surface area contributed by atoms with Gasteiger partial charge in [0, 0.05) is 18.5 Å². The van der Waals surface area contributed by atoms with E-state index in [4.69, 9.17) is 4.74 Å². The zero-order valence-electron chi connectivity index (χ0n) is 14.9. The molecule has 0 radical (unpaired) electrons.